The SMILES string of the molecule is Cc1nc(-n2cccc2C)ccc1Br. The second kappa shape index (κ2) is 3.58. The molecule has 2 rings (SSSR count). The van der Waals surface area contributed by atoms with Crippen LogP contribution in [0.2, 0.25) is 0 Å². The maximum absolute atomic E-state index is 4.49. The van der Waals surface area contributed by atoms with Gasteiger partial charge in [-0.25, -0.2) is 4.98 Å². The van der Waals surface area contributed by atoms with E-state index in [0.717, 1.165) is 16.0 Å². The van der Waals surface area contributed by atoms with Crippen LogP contribution in [0.1, 0.15) is 11.4 Å². The number of aryl methyl sites for hydroxylation is 2. The van der Waals surface area contributed by atoms with Crippen LogP contribution in [0.25, 0.3) is 5.82 Å². The molecule has 0 bridgehead atoms. The van der Waals surface area contributed by atoms with Crippen LogP contribution in [0.5, 0.6) is 0 Å². The summed E-state index contributed by atoms with van der Waals surface area (Å²) in [7, 11) is 0. The molecule has 2 heterocycles. The van der Waals surface area contributed by atoms with E-state index >= 15 is 0 Å². The molecule has 0 aliphatic heterocycles. The Morgan fingerprint density at radius 1 is 1.21 bits per heavy atom. The van der Waals surface area contributed by atoms with Crippen molar-refractivity contribution in [3.63, 3.8) is 0 Å². The summed E-state index contributed by atoms with van der Waals surface area (Å²) in [6, 6.07) is 8.12. The van der Waals surface area contributed by atoms with Crippen LogP contribution in [-0.2, 0) is 0 Å². The van der Waals surface area contributed by atoms with Crippen LogP contribution in [0.3, 0.4) is 0 Å². The first kappa shape index (κ1) is 9.46. The Morgan fingerprint density at radius 2 is 2.00 bits per heavy atom. The van der Waals surface area contributed by atoms with E-state index in [4.69, 9.17) is 0 Å². The lowest BCUT2D eigenvalue weighted by Gasteiger charge is -2.06. The van der Waals surface area contributed by atoms with Gasteiger partial charge in [0.25, 0.3) is 0 Å². The van der Waals surface area contributed by atoms with Crippen molar-refractivity contribution in [1.29, 1.82) is 0 Å². The van der Waals surface area contributed by atoms with Crippen molar-refractivity contribution < 1.29 is 0 Å². The van der Waals surface area contributed by atoms with Crippen LogP contribution in [0.4, 0.5) is 0 Å². The lowest BCUT2D eigenvalue weighted by molar-refractivity contribution is 0.945. The standard InChI is InChI=1S/C11H11BrN2/c1-8-4-3-7-14(8)11-6-5-10(12)9(2)13-11/h3-7H,1-2H3. The van der Waals surface area contributed by atoms with E-state index in [0.29, 0.717) is 0 Å². The Balaban J connectivity index is 2.53. The van der Waals surface area contributed by atoms with Crippen molar-refractivity contribution in [3.05, 3.63) is 46.3 Å². The Labute approximate surface area is 91.7 Å². The molecule has 0 saturated carbocycles. The third-order valence-electron chi connectivity index (χ3n) is 2.21. The summed E-state index contributed by atoms with van der Waals surface area (Å²) in [5, 5.41) is 0. The smallest absolute Gasteiger partial charge is 0.137 e. The Hall–Kier alpha value is -1.09. The van der Waals surface area contributed by atoms with Gasteiger partial charge < -0.3 is 4.57 Å². The van der Waals surface area contributed by atoms with Crippen LogP contribution in [-0.4, -0.2) is 9.55 Å². The van der Waals surface area contributed by atoms with Gasteiger partial charge in [0.15, 0.2) is 0 Å². The second-order valence-electron chi connectivity index (χ2n) is 3.26. The van der Waals surface area contributed by atoms with E-state index in [9.17, 15) is 0 Å². The third-order valence-corrected chi connectivity index (χ3v) is 3.04. The van der Waals surface area contributed by atoms with Gasteiger partial charge in [-0.05, 0) is 54.0 Å². The van der Waals surface area contributed by atoms with E-state index in [1.54, 1.807) is 0 Å². The molecule has 0 atom stereocenters. The molecule has 72 valence electrons. The molecule has 0 aromatic carbocycles. The molecule has 0 unspecified atom stereocenters. The maximum Gasteiger partial charge on any atom is 0.137 e. The highest BCUT2D eigenvalue weighted by Crippen LogP contribution is 2.17. The summed E-state index contributed by atoms with van der Waals surface area (Å²) in [4.78, 5) is 4.49. The molecule has 0 saturated heterocycles. The highest BCUT2D eigenvalue weighted by molar-refractivity contribution is 9.10. The zero-order valence-electron chi connectivity index (χ0n) is 8.16. The van der Waals surface area contributed by atoms with Gasteiger partial charge in [-0.3, -0.25) is 0 Å². The first-order valence-electron chi connectivity index (χ1n) is 4.46. The van der Waals surface area contributed by atoms with Crippen molar-refractivity contribution in [2.24, 2.45) is 0 Å². The lowest BCUT2D eigenvalue weighted by atomic mass is 10.3. The number of hydrogen-bond acceptors (Lipinski definition) is 1. The molecule has 0 radical (unpaired) electrons. The Morgan fingerprint density at radius 3 is 2.57 bits per heavy atom. The number of aromatic nitrogens is 2. The summed E-state index contributed by atoms with van der Waals surface area (Å²) in [6.07, 6.45) is 2.02. The summed E-state index contributed by atoms with van der Waals surface area (Å²) < 4.78 is 3.12. The van der Waals surface area contributed by atoms with Gasteiger partial charge in [-0.2, -0.15) is 0 Å². The summed E-state index contributed by atoms with van der Waals surface area (Å²) >= 11 is 3.44. The maximum atomic E-state index is 4.49. The molecule has 0 aliphatic rings. The molecule has 0 spiro atoms. The molecule has 0 amide bonds. The van der Waals surface area contributed by atoms with Crippen molar-refractivity contribution in [2.45, 2.75) is 13.8 Å². The largest absolute Gasteiger partial charge is 0.306 e. The van der Waals surface area contributed by atoms with Crippen LogP contribution < -0.4 is 0 Å². The van der Waals surface area contributed by atoms with Gasteiger partial charge in [0.05, 0.1) is 5.69 Å². The third kappa shape index (κ3) is 1.60. The van der Waals surface area contributed by atoms with Gasteiger partial charge >= 0.3 is 0 Å². The molecule has 0 N–H and O–H groups in total. The minimum Gasteiger partial charge on any atom is -0.306 e. The van der Waals surface area contributed by atoms with E-state index in [1.807, 2.05) is 31.3 Å². The normalized spacial score (nSPS) is 10.5. The fourth-order valence-electron chi connectivity index (χ4n) is 1.39. The summed E-state index contributed by atoms with van der Waals surface area (Å²) in [6.45, 7) is 4.06. The topological polar surface area (TPSA) is 17.8 Å². The average molecular weight is 251 g/mol. The van der Waals surface area contributed by atoms with Crippen molar-refractivity contribution in [2.75, 3.05) is 0 Å². The molecule has 3 heteroatoms. The molecule has 0 fully saturated rings. The Bertz CT molecular complexity index is 460. The van der Waals surface area contributed by atoms with Gasteiger partial charge in [-0.15, -0.1) is 0 Å². The molecule has 2 aromatic rings. The summed E-state index contributed by atoms with van der Waals surface area (Å²) in [5.74, 6) is 0.966. The minimum absolute atomic E-state index is 0.966. The molecule has 2 nitrogen and oxygen atoms in total. The van der Waals surface area contributed by atoms with Crippen LogP contribution in [0, 0.1) is 13.8 Å². The highest BCUT2D eigenvalue weighted by Gasteiger charge is 2.02. The van der Waals surface area contributed by atoms with Crippen LogP contribution >= 0.6 is 15.9 Å². The predicted octanol–water partition coefficient (Wildman–Crippen LogP) is 3.25. The first-order chi connectivity index (χ1) is 6.68. The van der Waals surface area contributed by atoms with Crippen molar-refractivity contribution >= 4 is 15.9 Å². The van der Waals surface area contributed by atoms with Crippen LogP contribution in [0.15, 0.2) is 34.9 Å². The van der Waals surface area contributed by atoms with Gasteiger partial charge in [0.2, 0.25) is 0 Å². The zero-order valence-corrected chi connectivity index (χ0v) is 9.75. The number of hydrogen-bond donors (Lipinski definition) is 0. The van der Waals surface area contributed by atoms with E-state index < -0.39 is 0 Å². The monoisotopic (exact) mass is 250 g/mol. The average Bonchev–Trinajstić information content (AvgIpc) is 2.57. The quantitative estimate of drug-likeness (QED) is 0.760. The molecular weight excluding hydrogens is 240 g/mol. The van der Waals surface area contributed by atoms with Gasteiger partial charge in [-0.1, -0.05) is 0 Å². The minimum atomic E-state index is 0.966. The second-order valence-corrected chi connectivity index (χ2v) is 4.11. The molecule has 2 aromatic heterocycles. The molecule has 14 heavy (non-hydrogen) atoms. The van der Waals surface area contributed by atoms with E-state index in [-0.39, 0.29) is 0 Å². The van der Waals surface area contributed by atoms with Gasteiger partial charge in [0.1, 0.15) is 5.82 Å². The Kier molecular flexibility index (Phi) is 2.42. The zero-order chi connectivity index (χ0) is 10.1. The first-order valence-corrected chi connectivity index (χ1v) is 5.25. The fourth-order valence-corrected chi connectivity index (χ4v) is 1.61. The lowest BCUT2D eigenvalue weighted by Crippen LogP contribution is -1.99. The molecular formula is C11H11BrN2. The van der Waals surface area contributed by atoms with E-state index in [2.05, 4.69) is 38.5 Å². The van der Waals surface area contributed by atoms with E-state index in [1.165, 1.54) is 5.69 Å². The highest BCUT2D eigenvalue weighted by atomic mass is 79.9. The number of rotatable bonds is 1. The van der Waals surface area contributed by atoms with Crippen molar-refractivity contribution in [1.82, 2.24) is 9.55 Å². The fraction of sp³-hybridized carbons (Fsp3) is 0.182. The van der Waals surface area contributed by atoms with Crippen molar-refractivity contribution in [3.8, 4) is 5.82 Å². The van der Waals surface area contributed by atoms with Gasteiger partial charge in [0, 0.05) is 16.4 Å². The predicted molar refractivity (Wildman–Crippen MR) is 60.7 cm³/mol. The summed E-state index contributed by atoms with van der Waals surface area (Å²) in [5.41, 5.74) is 2.20. The number of nitrogens with zero attached hydrogens (tertiary/aromatic N) is 2. The number of halogens is 1. The molecule has 0 aliphatic carbocycles. The number of pyridine rings is 1.